The number of carbonyl (C=O) groups is 1. The first-order chi connectivity index (χ1) is 17.5. The molecule has 37 heavy (non-hydrogen) atoms. The van der Waals surface area contributed by atoms with Crippen molar-refractivity contribution >= 4 is 45.2 Å². The van der Waals surface area contributed by atoms with Crippen LogP contribution in [-0.4, -0.2) is 35.5 Å². The number of rotatable bonds is 12. The lowest BCUT2D eigenvalue weighted by atomic mass is 9.98. The van der Waals surface area contributed by atoms with E-state index in [0.717, 1.165) is 41.9 Å². The van der Waals surface area contributed by atoms with E-state index in [4.69, 9.17) is 17.6 Å². The van der Waals surface area contributed by atoms with E-state index in [9.17, 15) is 22.7 Å². The van der Waals surface area contributed by atoms with Crippen molar-refractivity contribution in [2.45, 2.75) is 52.5 Å². The van der Waals surface area contributed by atoms with Crippen LogP contribution in [0.3, 0.4) is 0 Å². The number of benzene rings is 2. The molecule has 7 nitrogen and oxygen atoms in total. The summed E-state index contributed by atoms with van der Waals surface area (Å²) in [6.07, 6.45) is 5.67. The number of amides is 1. The van der Waals surface area contributed by atoms with Gasteiger partial charge >= 0.3 is 0 Å². The summed E-state index contributed by atoms with van der Waals surface area (Å²) in [5, 5.41) is 19.5. The second kappa shape index (κ2) is 12.6. The third-order valence-electron chi connectivity index (χ3n) is 5.91. The second-order valence-electron chi connectivity index (χ2n) is 8.76. The molecule has 0 fully saturated rings. The molecule has 3 aromatic rings. The van der Waals surface area contributed by atoms with Gasteiger partial charge in [0.05, 0.1) is 11.5 Å². The van der Waals surface area contributed by atoms with Crippen molar-refractivity contribution in [3.8, 4) is 5.88 Å². The molecule has 0 bridgehead atoms. The quantitative estimate of drug-likeness (QED) is 0.148. The molecule has 0 radical (unpaired) electrons. The van der Waals surface area contributed by atoms with Gasteiger partial charge in [-0.25, -0.2) is 17.5 Å². The molecule has 1 aromatic heterocycles. The molecule has 3 N–H and O–H groups in total. The van der Waals surface area contributed by atoms with Gasteiger partial charge in [-0.3, -0.25) is 14.8 Å². The van der Waals surface area contributed by atoms with Crippen LogP contribution in [-0.2, 0) is 23.0 Å². The van der Waals surface area contributed by atoms with Crippen molar-refractivity contribution in [3.05, 3.63) is 79.4 Å². The number of nitrogens with zero attached hydrogens (tertiary/aromatic N) is 1. The highest BCUT2D eigenvalue weighted by Crippen LogP contribution is 2.30. The van der Waals surface area contributed by atoms with Gasteiger partial charge in [0, 0.05) is 17.7 Å². The number of aryl methyl sites for hydroxylation is 2. The van der Waals surface area contributed by atoms with E-state index in [1.165, 1.54) is 41.5 Å². The molecule has 0 saturated carbocycles. The molecular formula is C26H30FN3O4S3. The van der Waals surface area contributed by atoms with Gasteiger partial charge in [0.15, 0.2) is 3.95 Å². The molecule has 0 saturated heterocycles. The summed E-state index contributed by atoms with van der Waals surface area (Å²) < 4.78 is 41.3. The number of unbranched alkanes of at least 4 members (excludes halogenated alkanes) is 3. The van der Waals surface area contributed by atoms with Crippen LogP contribution < -0.4 is 4.72 Å². The predicted octanol–water partition coefficient (Wildman–Crippen LogP) is 5.73. The molecule has 2 aromatic carbocycles. The van der Waals surface area contributed by atoms with Gasteiger partial charge in [-0.2, -0.15) is 0 Å². The summed E-state index contributed by atoms with van der Waals surface area (Å²) >= 11 is 6.35. The van der Waals surface area contributed by atoms with Crippen LogP contribution in [0.15, 0.2) is 42.5 Å². The molecule has 1 amide bonds. The minimum atomic E-state index is -4.08. The van der Waals surface area contributed by atoms with Gasteiger partial charge in [-0.1, -0.05) is 55.7 Å². The lowest BCUT2D eigenvalue weighted by Crippen LogP contribution is -2.33. The molecule has 3 rings (SSSR count). The molecule has 0 aliphatic heterocycles. The van der Waals surface area contributed by atoms with E-state index in [-0.39, 0.29) is 32.5 Å². The van der Waals surface area contributed by atoms with Crippen molar-refractivity contribution in [1.82, 2.24) is 9.29 Å². The topological polar surface area (TPSA) is 112 Å². The van der Waals surface area contributed by atoms with Crippen molar-refractivity contribution in [3.63, 3.8) is 0 Å². The fourth-order valence-electron chi connectivity index (χ4n) is 3.86. The Hall–Kier alpha value is -2.89. The minimum absolute atomic E-state index is 0.00181. The summed E-state index contributed by atoms with van der Waals surface area (Å²) in [4.78, 5) is 12.4. The average molecular weight is 564 g/mol. The van der Waals surface area contributed by atoms with E-state index in [2.05, 4.69) is 13.0 Å². The number of sulfonamides is 1. The monoisotopic (exact) mass is 563 g/mol. The predicted molar refractivity (Wildman–Crippen MR) is 147 cm³/mol. The molecular weight excluding hydrogens is 534 g/mol. The normalized spacial score (nSPS) is 11.4. The van der Waals surface area contributed by atoms with Crippen molar-refractivity contribution in [2.24, 2.45) is 0 Å². The van der Waals surface area contributed by atoms with Gasteiger partial charge in [-0.05, 0) is 67.4 Å². The summed E-state index contributed by atoms with van der Waals surface area (Å²) in [7, 11) is -4.08. The fourth-order valence-corrected chi connectivity index (χ4v) is 6.09. The Labute approximate surface area is 225 Å². The zero-order valence-corrected chi connectivity index (χ0v) is 23.2. The molecule has 11 heteroatoms. The van der Waals surface area contributed by atoms with Crippen LogP contribution in [0.5, 0.6) is 5.88 Å². The number of carbonyl (C=O) groups excluding carboxylic acids is 1. The number of thiazole rings is 1. The van der Waals surface area contributed by atoms with Crippen molar-refractivity contribution in [2.75, 3.05) is 5.75 Å². The average Bonchev–Trinajstić information content (AvgIpc) is 3.13. The molecule has 0 aliphatic carbocycles. The molecule has 0 atom stereocenters. The van der Waals surface area contributed by atoms with E-state index < -0.39 is 27.5 Å². The second-order valence-corrected chi connectivity index (χ2v) is 12.3. The van der Waals surface area contributed by atoms with Gasteiger partial charge in [0.1, 0.15) is 10.7 Å². The fraction of sp³-hybridized carbons (Fsp3) is 0.346. The van der Waals surface area contributed by atoms with Crippen LogP contribution in [0.25, 0.3) is 0 Å². The van der Waals surface area contributed by atoms with Crippen LogP contribution in [0.2, 0.25) is 0 Å². The Balaban J connectivity index is 1.69. The van der Waals surface area contributed by atoms with Crippen LogP contribution in [0.1, 0.15) is 64.5 Å². The number of hydrogen-bond donors (Lipinski definition) is 3. The smallest absolute Gasteiger partial charge is 0.264 e. The van der Waals surface area contributed by atoms with Gasteiger partial charge in [-0.15, -0.1) is 0 Å². The lowest BCUT2D eigenvalue weighted by molar-refractivity contribution is 0.0981. The first-order valence-corrected chi connectivity index (χ1v) is 14.8. The van der Waals surface area contributed by atoms with E-state index in [1.54, 1.807) is 0 Å². The molecule has 0 unspecified atom stereocenters. The van der Waals surface area contributed by atoms with Crippen LogP contribution in [0.4, 0.5) is 4.39 Å². The number of aromatic hydroxyl groups is 1. The number of nitrogens with one attached hydrogen (secondary N) is 2. The van der Waals surface area contributed by atoms with Crippen molar-refractivity contribution in [1.29, 1.82) is 5.41 Å². The Morgan fingerprint density at radius 2 is 1.86 bits per heavy atom. The summed E-state index contributed by atoms with van der Waals surface area (Å²) in [6.45, 7) is 3.88. The molecule has 198 valence electrons. The Bertz CT molecular complexity index is 1440. The molecule has 0 aliphatic rings. The SMILES string of the molecule is CCCCCCc1ccc(C(=N)c2sc(=S)n(CCS(=O)(=O)NC(=O)c3ccc(F)cc3)c2O)c(C)c1. The minimum Gasteiger partial charge on any atom is -0.493 e. The Kier molecular flexibility index (Phi) is 9.74. The Morgan fingerprint density at radius 3 is 2.51 bits per heavy atom. The maximum Gasteiger partial charge on any atom is 0.264 e. The lowest BCUT2D eigenvalue weighted by Gasteiger charge is -2.11. The van der Waals surface area contributed by atoms with E-state index in [0.29, 0.717) is 5.56 Å². The Morgan fingerprint density at radius 1 is 1.16 bits per heavy atom. The maximum atomic E-state index is 13.0. The van der Waals surface area contributed by atoms with Gasteiger partial charge in [0.2, 0.25) is 15.9 Å². The zero-order valence-electron chi connectivity index (χ0n) is 20.7. The highest BCUT2D eigenvalue weighted by Gasteiger charge is 2.22. The van der Waals surface area contributed by atoms with Crippen LogP contribution in [0, 0.1) is 22.1 Å². The number of halogens is 1. The van der Waals surface area contributed by atoms with E-state index >= 15 is 0 Å². The number of aromatic nitrogens is 1. The summed E-state index contributed by atoms with van der Waals surface area (Å²) in [5.41, 5.74) is 2.88. The maximum absolute atomic E-state index is 13.0. The summed E-state index contributed by atoms with van der Waals surface area (Å²) in [5.74, 6) is -2.25. The first-order valence-electron chi connectivity index (χ1n) is 11.9. The summed E-state index contributed by atoms with van der Waals surface area (Å²) in [6, 6.07) is 10.4. The number of hydrogen-bond acceptors (Lipinski definition) is 7. The van der Waals surface area contributed by atoms with Crippen molar-refractivity contribution < 1.29 is 22.7 Å². The van der Waals surface area contributed by atoms with E-state index in [1.807, 2.05) is 23.8 Å². The molecule has 0 spiro atoms. The standard InChI is InChI=1S/C26H30FN3O4S3/c1-3-4-5-6-7-18-8-13-21(17(2)16-18)22(28)23-25(32)30(26(35)36-23)14-15-37(33,34)29-24(31)19-9-11-20(27)12-10-19/h8-13,16,28,32H,3-7,14-15H2,1-2H3,(H,29,31). The third kappa shape index (κ3) is 7.56. The first kappa shape index (κ1) is 28.7. The highest BCUT2D eigenvalue weighted by molar-refractivity contribution is 7.90. The van der Waals surface area contributed by atoms with Crippen LogP contribution >= 0.6 is 23.6 Å². The highest BCUT2D eigenvalue weighted by atomic mass is 32.2. The molecule has 1 heterocycles. The zero-order chi connectivity index (χ0) is 27.2. The largest absolute Gasteiger partial charge is 0.493 e. The van der Waals surface area contributed by atoms with Gasteiger partial charge < -0.3 is 5.11 Å². The third-order valence-corrected chi connectivity index (χ3v) is 8.59. The van der Waals surface area contributed by atoms with Gasteiger partial charge in [0.25, 0.3) is 5.91 Å².